The number of pyridine rings is 1. The number of rotatable bonds is 3. The van der Waals surface area contributed by atoms with Gasteiger partial charge in [-0.3, -0.25) is 0 Å². The first-order chi connectivity index (χ1) is 7.33. The largest absolute Gasteiger partial charge is 0.481 e. The summed E-state index contributed by atoms with van der Waals surface area (Å²) in [5.41, 5.74) is 0.568. The van der Waals surface area contributed by atoms with Gasteiger partial charge in [0.05, 0.1) is 7.11 Å². The molecule has 0 aliphatic rings. The normalized spacial score (nSPS) is 10.3. The first-order valence-electron chi connectivity index (χ1n) is 4.23. The van der Waals surface area contributed by atoms with Gasteiger partial charge in [0.2, 0.25) is 11.8 Å². The third kappa shape index (κ3) is 2.07. The van der Waals surface area contributed by atoms with Crippen molar-refractivity contribution in [3.63, 3.8) is 0 Å². The highest BCUT2D eigenvalue weighted by atomic mass is 35.5. The fourth-order valence-corrected chi connectivity index (χ4v) is 1.17. The molecule has 15 heavy (non-hydrogen) atoms. The number of ether oxygens (including phenoxy) is 1. The Morgan fingerprint density at radius 1 is 1.40 bits per heavy atom. The molecule has 0 saturated heterocycles. The van der Waals surface area contributed by atoms with Crippen LogP contribution >= 0.6 is 11.6 Å². The van der Waals surface area contributed by atoms with Gasteiger partial charge in [0.15, 0.2) is 0 Å². The number of methoxy groups -OCH3 is 1. The van der Waals surface area contributed by atoms with E-state index in [4.69, 9.17) is 20.8 Å². The highest BCUT2D eigenvalue weighted by molar-refractivity contribution is 6.16. The molecule has 0 aliphatic heterocycles. The van der Waals surface area contributed by atoms with Crippen LogP contribution in [0.4, 0.5) is 0 Å². The minimum atomic E-state index is 0.191. The summed E-state index contributed by atoms with van der Waals surface area (Å²) < 4.78 is 10.2. The van der Waals surface area contributed by atoms with Crippen LogP contribution in [0.25, 0.3) is 11.6 Å². The fourth-order valence-electron chi connectivity index (χ4n) is 1.06. The quantitative estimate of drug-likeness (QED) is 0.747. The van der Waals surface area contributed by atoms with Crippen molar-refractivity contribution < 1.29 is 9.15 Å². The number of nitrogens with zero attached hydrogens (tertiary/aromatic N) is 3. The van der Waals surface area contributed by atoms with Crippen LogP contribution < -0.4 is 4.74 Å². The lowest BCUT2D eigenvalue weighted by Crippen LogP contribution is -1.89. The molecule has 0 N–H and O–H groups in total. The van der Waals surface area contributed by atoms with Gasteiger partial charge >= 0.3 is 0 Å². The summed E-state index contributed by atoms with van der Waals surface area (Å²) in [6.45, 7) is 0. The van der Waals surface area contributed by atoms with Gasteiger partial charge in [-0.25, -0.2) is 4.98 Å². The van der Waals surface area contributed by atoms with Crippen LogP contribution in [0.1, 0.15) is 5.89 Å². The van der Waals surface area contributed by atoms with E-state index in [-0.39, 0.29) is 5.88 Å². The Kier molecular flexibility index (Phi) is 2.82. The average molecular weight is 226 g/mol. The average Bonchev–Trinajstić information content (AvgIpc) is 2.78. The van der Waals surface area contributed by atoms with Crippen molar-refractivity contribution in [1.82, 2.24) is 15.2 Å². The molecule has 0 atom stereocenters. The second-order valence-electron chi connectivity index (χ2n) is 2.70. The summed E-state index contributed by atoms with van der Waals surface area (Å²) in [5.74, 6) is 1.40. The van der Waals surface area contributed by atoms with Crippen molar-refractivity contribution in [2.75, 3.05) is 7.11 Å². The fraction of sp³-hybridized carbons (Fsp3) is 0.222. The Bertz CT molecular complexity index is 458. The van der Waals surface area contributed by atoms with Gasteiger partial charge in [-0.1, -0.05) is 6.07 Å². The third-order valence-corrected chi connectivity index (χ3v) is 1.96. The van der Waals surface area contributed by atoms with Crippen molar-refractivity contribution in [3.05, 3.63) is 24.1 Å². The van der Waals surface area contributed by atoms with Crippen LogP contribution in [0.2, 0.25) is 0 Å². The molecule has 78 valence electrons. The van der Waals surface area contributed by atoms with E-state index in [1.807, 2.05) is 0 Å². The van der Waals surface area contributed by atoms with Crippen LogP contribution in [0.3, 0.4) is 0 Å². The lowest BCUT2D eigenvalue weighted by atomic mass is 10.3. The van der Waals surface area contributed by atoms with Crippen molar-refractivity contribution in [1.29, 1.82) is 0 Å². The second-order valence-corrected chi connectivity index (χ2v) is 2.97. The van der Waals surface area contributed by atoms with E-state index in [0.717, 1.165) is 0 Å². The maximum absolute atomic E-state index is 5.54. The molecule has 0 aliphatic carbocycles. The predicted octanol–water partition coefficient (Wildman–Crippen LogP) is 1.88. The molecule has 2 heterocycles. The molecule has 5 nitrogen and oxygen atoms in total. The third-order valence-electron chi connectivity index (χ3n) is 1.73. The second kappa shape index (κ2) is 4.27. The predicted molar refractivity (Wildman–Crippen MR) is 53.6 cm³/mol. The monoisotopic (exact) mass is 225 g/mol. The van der Waals surface area contributed by atoms with Crippen molar-refractivity contribution in [2.45, 2.75) is 5.88 Å². The Morgan fingerprint density at radius 2 is 2.27 bits per heavy atom. The lowest BCUT2D eigenvalue weighted by molar-refractivity contribution is 0.397. The molecule has 2 rings (SSSR count). The van der Waals surface area contributed by atoms with Crippen LogP contribution in [0, 0.1) is 0 Å². The van der Waals surface area contributed by atoms with E-state index in [9.17, 15) is 0 Å². The smallest absolute Gasteiger partial charge is 0.266 e. The summed E-state index contributed by atoms with van der Waals surface area (Å²) in [6, 6.07) is 5.29. The molecule has 0 radical (unpaired) electrons. The topological polar surface area (TPSA) is 61.0 Å². The summed E-state index contributed by atoms with van der Waals surface area (Å²) >= 11 is 5.54. The van der Waals surface area contributed by atoms with Gasteiger partial charge in [-0.05, 0) is 6.07 Å². The number of alkyl halides is 1. The van der Waals surface area contributed by atoms with Gasteiger partial charge in [-0.2, -0.15) is 0 Å². The summed E-state index contributed by atoms with van der Waals surface area (Å²) in [4.78, 5) is 4.15. The maximum atomic E-state index is 5.54. The summed E-state index contributed by atoms with van der Waals surface area (Å²) in [5, 5.41) is 7.55. The first-order valence-corrected chi connectivity index (χ1v) is 4.76. The number of aromatic nitrogens is 3. The van der Waals surface area contributed by atoms with Crippen molar-refractivity contribution in [3.8, 4) is 17.5 Å². The number of halogens is 1. The molecule has 0 aromatic carbocycles. The van der Waals surface area contributed by atoms with Gasteiger partial charge in [0.25, 0.3) is 5.89 Å². The molecule has 0 bridgehead atoms. The molecular weight excluding hydrogens is 218 g/mol. The Balaban J connectivity index is 2.35. The van der Waals surface area contributed by atoms with Crippen LogP contribution in [-0.2, 0) is 5.88 Å². The van der Waals surface area contributed by atoms with Gasteiger partial charge < -0.3 is 9.15 Å². The molecule has 0 spiro atoms. The summed E-state index contributed by atoms with van der Waals surface area (Å²) in [7, 11) is 1.55. The highest BCUT2D eigenvalue weighted by Crippen LogP contribution is 2.18. The molecule has 0 amide bonds. The minimum absolute atomic E-state index is 0.191. The Hall–Kier alpha value is -1.62. The Labute approximate surface area is 91.1 Å². The first kappa shape index (κ1) is 9.92. The van der Waals surface area contributed by atoms with Crippen LogP contribution in [-0.4, -0.2) is 22.3 Å². The lowest BCUT2D eigenvalue weighted by Gasteiger charge is -1.98. The highest BCUT2D eigenvalue weighted by Gasteiger charge is 2.09. The molecule has 0 saturated carbocycles. The maximum Gasteiger partial charge on any atom is 0.266 e. The zero-order chi connectivity index (χ0) is 10.7. The minimum Gasteiger partial charge on any atom is -0.481 e. The van der Waals surface area contributed by atoms with Gasteiger partial charge in [0.1, 0.15) is 11.6 Å². The standard InChI is InChI=1S/C9H8ClN3O2/c1-14-7-4-2-3-6(11-7)9-13-12-8(5-10)15-9/h2-4H,5H2,1H3. The number of hydrogen-bond donors (Lipinski definition) is 0. The van der Waals surface area contributed by atoms with E-state index < -0.39 is 0 Å². The molecule has 2 aromatic rings. The zero-order valence-electron chi connectivity index (χ0n) is 7.98. The molecule has 2 aromatic heterocycles. The van der Waals surface area contributed by atoms with Gasteiger partial charge in [0, 0.05) is 6.07 Å². The van der Waals surface area contributed by atoms with Crippen LogP contribution in [0.15, 0.2) is 22.6 Å². The van der Waals surface area contributed by atoms with E-state index in [1.165, 1.54) is 0 Å². The van der Waals surface area contributed by atoms with E-state index in [0.29, 0.717) is 23.4 Å². The van der Waals surface area contributed by atoms with E-state index in [2.05, 4.69) is 15.2 Å². The zero-order valence-corrected chi connectivity index (χ0v) is 8.73. The van der Waals surface area contributed by atoms with Gasteiger partial charge in [-0.15, -0.1) is 21.8 Å². The van der Waals surface area contributed by atoms with Crippen molar-refractivity contribution >= 4 is 11.6 Å². The number of hydrogen-bond acceptors (Lipinski definition) is 5. The van der Waals surface area contributed by atoms with Crippen molar-refractivity contribution in [2.24, 2.45) is 0 Å². The van der Waals surface area contributed by atoms with E-state index >= 15 is 0 Å². The molecule has 6 heteroatoms. The summed E-state index contributed by atoms with van der Waals surface area (Å²) in [6.07, 6.45) is 0. The molecule has 0 fully saturated rings. The molecule has 0 unspecified atom stereocenters. The van der Waals surface area contributed by atoms with E-state index in [1.54, 1.807) is 25.3 Å². The Morgan fingerprint density at radius 3 is 2.93 bits per heavy atom. The SMILES string of the molecule is COc1cccc(-c2nnc(CCl)o2)n1. The van der Waals surface area contributed by atoms with Crippen LogP contribution in [0.5, 0.6) is 5.88 Å². The molecular formula is C9H8ClN3O2.